The Morgan fingerprint density at radius 1 is 1.09 bits per heavy atom. The second-order valence-corrected chi connectivity index (χ2v) is 8.96. The zero-order valence-corrected chi connectivity index (χ0v) is 18.8. The van der Waals surface area contributed by atoms with Crippen molar-refractivity contribution >= 4 is 28.2 Å². The number of rotatable bonds is 6. The van der Waals surface area contributed by atoms with Gasteiger partial charge in [-0.3, -0.25) is 4.79 Å². The molecule has 2 aromatic carbocycles. The summed E-state index contributed by atoms with van der Waals surface area (Å²) in [6, 6.07) is 9.34. The average molecular weight is 470 g/mol. The smallest absolute Gasteiger partial charge is 0.266 e. The number of aromatic nitrogens is 2. The van der Waals surface area contributed by atoms with E-state index in [9.17, 15) is 18.0 Å². The molecule has 1 amide bonds. The maximum atomic E-state index is 14.7. The molecule has 6 nitrogen and oxygen atoms in total. The van der Waals surface area contributed by atoms with Gasteiger partial charge in [0.2, 0.25) is 5.91 Å². The van der Waals surface area contributed by atoms with E-state index in [-0.39, 0.29) is 17.4 Å². The molecule has 2 heterocycles. The van der Waals surface area contributed by atoms with Crippen LogP contribution in [0.2, 0.25) is 0 Å². The van der Waals surface area contributed by atoms with Crippen molar-refractivity contribution in [3.8, 4) is 0 Å². The van der Waals surface area contributed by atoms with Gasteiger partial charge in [0.25, 0.3) is 6.43 Å². The molecule has 2 fully saturated rings. The molecule has 5 rings (SSSR count). The predicted octanol–water partition coefficient (Wildman–Crippen LogP) is 4.94. The number of benzene rings is 2. The SMILES string of the molecule is C[C@@H](Nc1cnnc2ccc(N3CCN(C(=O)C4CC4)CC3)cc12)c1cccc(C(F)F)c1F. The predicted molar refractivity (Wildman–Crippen MR) is 124 cm³/mol. The van der Waals surface area contributed by atoms with Gasteiger partial charge < -0.3 is 15.1 Å². The highest BCUT2D eigenvalue weighted by Gasteiger charge is 2.34. The van der Waals surface area contributed by atoms with Crippen LogP contribution in [0.1, 0.15) is 43.4 Å². The van der Waals surface area contributed by atoms with Crippen LogP contribution in [0.4, 0.5) is 24.5 Å². The molecule has 1 saturated carbocycles. The summed E-state index contributed by atoms with van der Waals surface area (Å²) in [5, 5.41) is 12.3. The number of hydrogen-bond donors (Lipinski definition) is 1. The summed E-state index contributed by atoms with van der Waals surface area (Å²) in [5.74, 6) is -0.396. The third-order valence-electron chi connectivity index (χ3n) is 6.64. The van der Waals surface area contributed by atoms with Crippen molar-refractivity contribution < 1.29 is 18.0 Å². The van der Waals surface area contributed by atoms with Crippen LogP contribution in [0.5, 0.6) is 0 Å². The van der Waals surface area contributed by atoms with Crippen LogP contribution >= 0.6 is 0 Å². The number of carbonyl (C=O) groups is 1. The molecule has 1 atom stereocenters. The molecule has 0 radical (unpaired) electrons. The molecule has 34 heavy (non-hydrogen) atoms. The van der Waals surface area contributed by atoms with E-state index in [0.29, 0.717) is 24.3 Å². The number of amides is 1. The highest BCUT2D eigenvalue weighted by Crippen LogP contribution is 2.33. The molecule has 0 spiro atoms. The van der Waals surface area contributed by atoms with Gasteiger partial charge in [-0.1, -0.05) is 18.2 Å². The molecular weight excluding hydrogens is 443 g/mol. The van der Waals surface area contributed by atoms with E-state index in [1.54, 1.807) is 13.1 Å². The Hall–Kier alpha value is -3.36. The van der Waals surface area contributed by atoms with Crippen molar-refractivity contribution in [2.75, 3.05) is 36.4 Å². The fourth-order valence-corrected chi connectivity index (χ4v) is 4.51. The Kier molecular flexibility index (Phi) is 6.02. The lowest BCUT2D eigenvalue weighted by molar-refractivity contribution is -0.132. The summed E-state index contributed by atoms with van der Waals surface area (Å²) in [6.07, 6.45) is 0.701. The number of anilines is 2. The van der Waals surface area contributed by atoms with E-state index in [4.69, 9.17) is 0 Å². The molecule has 178 valence electrons. The van der Waals surface area contributed by atoms with Crippen molar-refractivity contribution in [2.45, 2.75) is 32.2 Å². The Bertz CT molecular complexity index is 1210. The van der Waals surface area contributed by atoms with Gasteiger partial charge in [-0.2, -0.15) is 10.2 Å². The van der Waals surface area contributed by atoms with Gasteiger partial charge in [0.15, 0.2) is 0 Å². The number of hydrogen-bond acceptors (Lipinski definition) is 5. The van der Waals surface area contributed by atoms with Gasteiger partial charge in [-0.15, -0.1) is 0 Å². The molecule has 1 aliphatic carbocycles. The summed E-state index contributed by atoms with van der Waals surface area (Å²) in [7, 11) is 0. The van der Waals surface area contributed by atoms with Gasteiger partial charge in [0.1, 0.15) is 5.82 Å². The number of piperazine rings is 1. The van der Waals surface area contributed by atoms with Crippen LogP contribution in [-0.2, 0) is 4.79 Å². The van der Waals surface area contributed by atoms with Crippen molar-refractivity contribution in [3.05, 3.63) is 59.5 Å². The van der Waals surface area contributed by atoms with E-state index in [2.05, 4.69) is 20.4 Å². The Morgan fingerprint density at radius 3 is 2.53 bits per heavy atom. The van der Waals surface area contributed by atoms with E-state index < -0.39 is 23.8 Å². The molecule has 9 heteroatoms. The number of halogens is 3. The Morgan fingerprint density at radius 2 is 1.82 bits per heavy atom. The molecule has 1 N–H and O–H groups in total. The number of carbonyl (C=O) groups excluding carboxylic acids is 1. The monoisotopic (exact) mass is 469 g/mol. The number of nitrogens with zero attached hydrogens (tertiary/aromatic N) is 4. The maximum Gasteiger partial charge on any atom is 0.266 e. The molecule has 1 aromatic heterocycles. The van der Waals surface area contributed by atoms with Crippen molar-refractivity contribution in [2.24, 2.45) is 5.92 Å². The fourth-order valence-electron chi connectivity index (χ4n) is 4.51. The van der Waals surface area contributed by atoms with Gasteiger partial charge in [0, 0.05) is 48.7 Å². The normalized spacial score (nSPS) is 17.3. The van der Waals surface area contributed by atoms with Crippen LogP contribution in [0.15, 0.2) is 42.6 Å². The third-order valence-corrected chi connectivity index (χ3v) is 6.64. The Labute approximate surface area is 195 Å². The molecule has 2 aliphatic rings. The van der Waals surface area contributed by atoms with Crippen molar-refractivity contribution in [1.82, 2.24) is 15.1 Å². The highest BCUT2D eigenvalue weighted by molar-refractivity contribution is 5.93. The van der Waals surface area contributed by atoms with Gasteiger partial charge >= 0.3 is 0 Å². The fraction of sp³-hybridized carbons (Fsp3) is 0.400. The van der Waals surface area contributed by atoms with E-state index in [1.807, 2.05) is 23.1 Å². The van der Waals surface area contributed by atoms with Crippen molar-refractivity contribution in [1.29, 1.82) is 0 Å². The first kappa shape index (κ1) is 22.4. The largest absolute Gasteiger partial charge is 0.377 e. The van der Waals surface area contributed by atoms with Crippen LogP contribution in [0.3, 0.4) is 0 Å². The van der Waals surface area contributed by atoms with Crippen LogP contribution in [0.25, 0.3) is 10.9 Å². The zero-order chi connectivity index (χ0) is 23.8. The first-order chi connectivity index (χ1) is 16.4. The molecular formula is C25H26F3N5O. The summed E-state index contributed by atoms with van der Waals surface area (Å²) in [5.41, 5.74) is 1.87. The first-order valence-corrected chi connectivity index (χ1v) is 11.5. The average Bonchev–Trinajstić information content (AvgIpc) is 3.69. The van der Waals surface area contributed by atoms with Crippen molar-refractivity contribution in [3.63, 3.8) is 0 Å². The van der Waals surface area contributed by atoms with Crippen LogP contribution in [0, 0.1) is 11.7 Å². The molecule has 1 saturated heterocycles. The molecule has 3 aromatic rings. The topological polar surface area (TPSA) is 61.4 Å². The standard InChI is InChI=1S/C25H26F3N5O/c1-15(18-3-2-4-19(23(18)26)24(27)28)30-22-14-29-31-21-8-7-17(13-20(21)22)32-9-11-33(12-10-32)25(34)16-5-6-16/h2-4,7-8,13-16,24H,5-6,9-12H2,1H3,(H,30,31)/t15-/m1/s1. The molecule has 0 unspecified atom stereocenters. The summed E-state index contributed by atoms with van der Waals surface area (Å²) >= 11 is 0. The van der Waals surface area contributed by atoms with Crippen LogP contribution < -0.4 is 10.2 Å². The number of nitrogens with one attached hydrogen (secondary N) is 1. The quantitative estimate of drug-likeness (QED) is 0.554. The summed E-state index contributed by atoms with van der Waals surface area (Å²) in [4.78, 5) is 16.5. The van der Waals surface area contributed by atoms with E-state index in [0.717, 1.165) is 43.1 Å². The lowest BCUT2D eigenvalue weighted by Crippen LogP contribution is -2.49. The number of fused-ring (bicyclic) bond motifs is 1. The minimum absolute atomic E-state index is 0.162. The maximum absolute atomic E-state index is 14.7. The second-order valence-electron chi connectivity index (χ2n) is 8.96. The lowest BCUT2D eigenvalue weighted by atomic mass is 10.0. The van der Waals surface area contributed by atoms with Gasteiger partial charge in [-0.05, 0) is 38.0 Å². The van der Waals surface area contributed by atoms with E-state index in [1.165, 1.54) is 12.1 Å². The third kappa shape index (κ3) is 4.38. The molecule has 1 aliphatic heterocycles. The Balaban J connectivity index is 1.36. The lowest BCUT2D eigenvalue weighted by Gasteiger charge is -2.36. The van der Waals surface area contributed by atoms with Gasteiger partial charge in [0.05, 0.1) is 29.0 Å². The van der Waals surface area contributed by atoms with E-state index >= 15 is 0 Å². The second kappa shape index (κ2) is 9.12. The highest BCUT2D eigenvalue weighted by atomic mass is 19.3. The summed E-state index contributed by atoms with van der Waals surface area (Å²) < 4.78 is 40.9. The first-order valence-electron chi connectivity index (χ1n) is 11.5. The number of alkyl halides is 2. The summed E-state index contributed by atoms with van der Waals surface area (Å²) in [6.45, 7) is 4.61. The minimum Gasteiger partial charge on any atom is -0.377 e. The molecule has 0 bridgehead atoms. The van der Waals surface area contributed by atoms with Gasteiger partial charge in [-0.25, -0.2) is 13.2 Å². The van der Waals surface area contributed by atoms with Crippen LogP contribution in [-0.4, -0.2) is 47.2 Å². The zero-order valence-electron chi connectivity index (χ0n) is 18.8. The minimum atomic E-state index is -2.88.